The molecule has 144 valence electrons. The molecular weight excluding hydrogens is 358 g/mol. The molecule has 5 nitrogen and oxygen atoms in total. The van der Waals surface area contributed by atoms with Crippen LogP contribution in [0.25, 0.3) is 10.9 Å². The van der Waals surface area contributed by atoms with Gasteiger partial charge in [-0.2, -0.15) is 0 Å². The molecular formula is C21H27N3O2S. The van der Waals surface area contributed by atoms with Gasteiger partial charge >= 0.3 is 0 Å². The van der Waals surface area contributed by atoms with Gasteiger partial charge in [-0.25, -0.2) is 4.98 Å². The first kappa shape index (κ1) is 18.5. The van der Waals surface area contributed by atoms with Crippen LogP contribution in [-0.2, 0) is 4.79 Å². The van der Waals surface area contributed by atoms with E-state index in [-0.39, 0.29) is 17.5 Å². The summed E-state index contributed by atoms with van der Waals surface area (Å²) < 4.78 is 1.89. The van der Waals surface area contributed by atoms with E-state index in [9.17, 15) is 9.59 Å². The second-order valence-corrected chi connectivity index (χ2v) is 8.99. The van der Waals surface area contributed by atoms with Gasteiger partial charge in [-0.1, -0.05) is 50.6 Å². The summed E-state index contributed by atoms with van der Waals surface area (Å²) in [7, 11) is 0. The molecule has 2 fully saturated rings. The normalized spacial score (nSPS) is 25.5. The van der Waals surface area contributed by atoms with Gasteiger partial charge in [0.2, 0.25) is 5.91 Å². The monoisotopic (exact) mass is 385 g/mol. The molecule has 1 aromatic carbocycles. The van der Waals surface area contributed by atoms with Crippen molar-refractivity contribution in [2.75, 3.05) is 5.75 Å². The number of para-hydroxylation sites is 1. The van der Waals surface area contributed by atoms with Crippen molar-refractivity contribution in [1.29, 1.82) is 0 Å². The Kier molecular flexibility index (Phi) is 5.26. The number of hydrogen-bond acceptors (Lipinski definition) is 4. The summed E-state index contributed by atoms with van der Waals surface area (Å²) in [5.74, 6) is 1.33. The summed E-state index contributed by atoms with van der Waals surface area (Å²) in [4.78, 5) is 30.3. The van der Waals surface area contributed by atoms with Gasteiger partial charge in [0.15, 0.2) is 5.16 Å². The van der Waals surface area contributed by atoms with Gasteiger partial charge in [0.1, 0.15) is 0 Å². The number of nitrogens with one attached hydrogen (secondary N) is 1. The topological polar surface area (TPSA) is 64.0 Å². The van der Waals surface area contributed by atoms with Crippen molar-refractivity contribution in [3.05, 3.63) is 34.6 Å². The van der Waals surface area contributed by atoms with E-state index in [2.05, 4.69) is 19.2 Å². The Morgan fingerprint density at radius 3 is 2.78 bits per heavy atom. The minimum Gasteiger partial charge on any atom is -0.353 e. The van der Waals surface area contributed by atoms with Crippen LogP contribution < -0.4 is 10.9 Å². The first-order valence-electron chi connectivity index (χ1n) is 9.98. The maximum absolute atomic E-state index is 13.3. The zero-order chi connectivity index (χ0) is 19.0. The Hall–Kier alpha value is -1.82. The molecule has 0 saturated heterocycles. The molecule has 27 heavy (non-hydrogen) atoms. The summed E-state index contributed by atoms with van der Waals surface area (Å²) in [6.45, 7) is 4.51. The Balaban J connectivity index is 1.70. The Morgan fingerprint density at radius 2 is 2.00 bits per heavy atom. The number of rotatable bonds is 5. The van der Waals surface area contributed by atoms with Gasteiger partial charge < -0.3 is 5.32 Å². The standard InChI is InChI=1S/C21H27N3O2S/c1-13-6-5-9-18(14(13)2)24-20(26)16-7-3-4-8-17(16)23-21(24)27-12-19(25)22-15-10-11-15/h3-4,7-8,13-15,18H,5-6,9-12H2,1-2H3,(H,22,25)/t13-,14-,18+/m1/s1. The minimum absolute atomic E-state index is 0.0247. The molecule has 0 spiro atoms. The number of nitrogens with zero attached hydrogens (tertiary/aromatic N) is 2. The van der Waals surface area contributed by atoms with Gasteiger partial charge in [0.05, 0.1) is 16.7 Å². The van der Waals surface area contributed by atoms with Crippen molar-refractivity contribution < 1.29 is 4.79 Å². The van der Waals surface area contributed by atoms with Crippen LogP contribution in [0, 0.1) is 11.8 Å². The van der Waals surface area contributed by atoms with Crippen LogP contribution in [0.3, 0.4) is 0 Å². The van der Waals surface area contributed by atoms with E-state index >= 15 is 0 Å². The van der Waals surface area contributed by atoms with Crippen molar-refractivity contribution in [2.45, 2.75) is 63.2 Å². The molecule has 1 N–H and O–H groups in total. The Labute approximate surface area is 163 Å². The fourth-order valence-electron chi connectivity index (χ4n) is 4.07. The van der Waals surface area contributed by atoms with Crippen LogP contribution in [0.5, 0.6) is 0 Å². The third kappa shape index (κ3) is 3.91. The molecule has 2 aliphatic rings. The highest BCUT2D eigenvalue weighted by molar-refractivity contribution is 7.99. The summed E-state index contributed by atoms with van der Waals surface area (Å²) in [5, 5.41) is 4.35. The van der Waals surface area contributed by atoms with Crippen LogP contribution in [0.15, 0.2) is 34.2 Å². The third-order valence-corrected chi connectivity index (χ3v) is 7.00. The van der Waals surface area contributed by atoms with E-state index < -0.39 is 0 Å². The maximum atomic E-state index is 13.3. The molecule has 1 aromatic heterocycles. The number of benzene rings is 1. The number of hydrogen-bond donors (Lipinski definition) is 1. The lowest BCUT2D eigenvalue weighted by atomic mass is 9.78. The number of carbonyl (C=O) groups excluding carboxylic acids is 1. The predicted octanol–water partition coefficient (Wildman–Crippen LogP) is 3.76. The van der Waals surface area contributed by atoms with Crippen molar-refractivity contribution in [3.63, 3.8) is 0 Å². The van der Waals surface area contributed by atoms with E-state index in [0.29, 0.717) is 39.7 Å². The zero-order valence-electron chi connectivity index (χ0n) is 16.0. The third-order valence-electron chi connectivity index (χ3n) is 6.05. The Bertz CT molecular complexity index is 906. The maximum Gasteiger partial charge on any atom is 0.262 e. The van der Waals surface area contributed by atoms with Gasteiger partial charge in [0, 0.05) is 12.1 Å². The minimum atomic E-state index is 0.0247. The summed E-state index contributed by atoms with van der Waals surface area (Å²) in [6.07, 6.45) is 5.48. The van der Waals surface area contributed by atoms with Crippen LogP contribution >= 0.6 is 11.8 Å². The second-order valence-electron chi connectivity index (χ2n) is 8.05. The molecule has 0 unspecified atom stereocenters. The molecule has 2 aromatic rings. The Morgan fingerprint density at radius 1 is 1.22 bits per heavy atom. The second kappa shape index (κ2) is 7.66. The molecule has 0 radical (unpaired) electrons. The highest BCUT2D eigenvalue weighted by Gasteiger charge is 2.31. The molecule has 2 saturated carbocycles. The van der Waals surface area contributed by atoms with E-state index in [4.69, 9.17) is 4.98 Å². The van der Waals surface area contributed by atoms with Crippen molar-refractivity contribution in [2.24, 2.45) is 11.8 Å². The molecule has 6 heteroatoms. The average Bonchev–Trinajstić information content (AvgIpc) is 3.47. The molecule has 1 heterocycles. The fraction of sp³-hybridized carbons (Fsp3) is 0.571. The fourth-order valence-corrected chi connectivity index (χ4v) is 4.93. The largest absolute Gasteiger partial charge is 0.353 e. The van der Waals surface area contributed by atoms with E-state index in [1.54, 1.807) is 0 Å². The number of fused-ring (bicyclic) bond motifs is 1. The lowest BCUT2D eigenvalue weighted by molar-refractivity contribution is -0.118. The van der Waals surface area contributed by atoms with Gasteiger partial charge in [-0.15, -0.1) is 0 Å². The number of carbonyl (C=O) groups is 1. The van der Waals surface area contributed by atoms with E-state index in [1.807, 2.05) is 28.8 Å². The first-order valence-corrected chi connectivity index (χ1v) is 11.0. The summed E-state index contributed by atoms with van der Waals surface area (Å²) >= 11 is 1.39. The lowest BCUT2D eigenvalue weighted by Gasteiger charge is -2.36. The van der Waals surface area contributed by atoms with Gasteiger partial charge in [-0.3, -0.25) is 14.2 Å². The number of thioether (sulfide) groups is 1. The molecule has 0 aliphatic heterocycles. The SMILES string of the molecule is C[C@@H]1[C@H](C)CCC[C@@H]1n1c(SCC(=O)NC2CC2)nc2ccccc2c1=O. The van der Waals surface area contributed by atoms with Gasteiger partial charge in [0.25, 0.3) is 5.56 Å². The van der Waals surface area contributed by atoms with Crippen molar-refractivity contribution in [1.82, 2.24) is 14.9 Å². The molecule has 0 bridgehead atoms. The lowest BCUT2D eigenvalue weighted by Crippen LogP contribution is -2.35. The highest BCUT2D eigenvalue weighted by atomic mass is 32.2. The van der Waals surface area contributed by atoms with Crippen molar-refractivity contribution >= 4 is 28.6 Å². The van der Waals surface area contributed by atoms with Crippen LogP contribution in [0.4, 0.5) is 0 Å². The summed E-state index contributed by atoms with van der Waals surface area (Å²) in [6, 6.07) is 8.02. The highest BCUT2D eigenvalue weighted by Crippen LogP contribution is 2.38. The average molecular weight is 386 g/mol. The van der Waals surface area contributed by atoms with E-state index in [0.717, 1.165) is 25.7 Å². The number of aromatic nitrogens is 2. The van der Waals surface area contributed by atoms with Crippen LogP contribution in [-0.4, -0.2) is 27.3 Å². The molecule has 4 rings (SSSR count). The predicted molar refractivity (Wildman–Crippen MR) is 109 cm³/mol. The first-order chi connectivity index (χ1) is 13.0. The number of amides is 1. The smallest absolute Gasteiger partial charge is 0.262 e. The van der Waals surface area contributed by atoms with Crippen LogP contribution in [0.2, 0.25) is 0 Å². The van der Waals surface area contributed by atoms with Gasteiger partial charge in [-0.05, 0) is 43.2 Å². The quantitative estimate of drug-likeness (QED) is 0.629. The molecule has 3 atom stereocenters. The van der Waals surface area contributed by atoms with Crippen molar-refractivity contribution in [3.8, 4) is 0 Å². The molecule has 1 amide bonds. The van der Waals surface area contributed by atoms with Crippen LogP contribution in [0.1, 0.15) is 52.0 Å². The zero-order valence-corrected chi connectivity index (χ0v) is 16.8. The molecule has 2 aliphatic carbocycles. The van der Waals surface area contributed by atoms with E-state index in [1.165, 1.54) is 18.2 Å². The summed E-state index contributed by atoms with van der Waals surface area (Å²) in [5.41, 5.74) is 0.733.